The van der Waals surface area contributed by atoms with Crippen LogP contribution in [0, 0.1) is 12.8 Å². The largest absolute Gasteiger partial charge is 0.496 e. The van der Waals surface area contributed by atoms with E-state index in [2.05, 4.69) is 10.9 Å². The zero-order valence-electron chi connectivity index (χ0n) is 14.2. The molecule has 2 N–H and O–H groups in total. The number of sulfone groups is 1. The second-order valence-electron chi connectivity index (χ2n) is 6.09. The van der Waals surface area contributed by atoms with E-state index < -0.39 is 21.7 Å². The molecule has 136 valence electrons. The van der Waals surface area contributed by atoms with Crippen molar-refractivity contribution in [1.82, 2.24) is 10.9 Å². The average molecular weight is 366 g/mol. The minimum atomic E-state index is -3.01. The Bertz CT molecular complexity index is 786. The van der Waals surface area contributed by atoms with Gasteiger partial charge in [-0.15, -0.1) is 0 Å². The van der Waals surface area contributed by atoms with E-state index in [0.717, 1.165) is 11.1 Å². The van der Waals surface area contributed by atoms with Crippen LogP contribution in [0.15, 0.2) is 24.3 Å². The minimum Gasteiger partial charge on any atom is -0.496 e. The number of ether oxygens (including phenoxy) is 1. The molecule has 7 nitrogen and oxygen atoms in total. The molecule has 25 heavy (non-hydrogen) atoms. The lowest BCUT2D eigenvalue weighted by Gasteiger charge is -2.09. The molecule has 0 saturated carbocycles. The van der Waals surface area contributed by atoms with Crippen molar-refractivity contribution >= 4 is 27.7 Å². The summed E-state index contributed by atoms with van der Waals surface area (Å²) in [5.41, 5.74) is 6.36. The monoisotopic (exact) mass is 366 g/mol. The zero-order chi connectivity index (χ0) is 18.4. The Morgan fingerprint density at radius 3 is 2.72 bits per heavy atom. The Morgan fingerprint density at radius 1 is 1.32 bits per heavy atom. The fourth-order valence-corrected chi connectivity index (χ4v) is 4.53. The van der Waals surface area contributed by atoms with E-state index in [9.17, 15) is 18.0 Å². The number of nitrogens with one attached hydrogen (secondary N) is 2. The Kier molecular flexibility index (Phi) is 6.19. The van der Waals surface area contributed by atoms with E-state index in [1.54, 1.807) is 13.2 Å². The molecule has 0 unspecified atom stereocenters. The molecule has 2 rings (SSSR count). The molecule has 1 heterocycles. The van der Waals surface area contributed by atoms with Crippen LogP contribution in [-0.4, -0.2) is 38.8 Å². The highest BCUT2D eigenvalue weighted by Crippen LogP contribution is 2.21. The van der Waals surface area contributed by atoms with Gasteiger partial charge in [-0.1, -0.05) is 11.6 Å². The van der Waals surface area contributed by atoms with Gasteiger partial charge in [0.2, 0.25) is 5.91 Å². The number of amides is 2. The number of hydrogen-bond acceptors (Lipinski definition) is 5. The number of hydrogen-bond donors (Lipinski definition) is 2. The average Bonchev–Trinajstić information content (AvgIpc) is 2.89. The molecule has 0 bridgehead atoms. The van der Waals surface area contributed by atoms with Crippen LogP contribution in [0.5, 0.6) is 5.75 Å². The highest BCUT2D eigenvalue weighted by atomic mass is 32.2. The molecule has 0 radical (unpaired) electrons. The van der Waals surface area contributed by atoms with E-state index >= 15 is 0 Å². The van der Waals surface area contributed by atoms with Crippen LogP contribution >= 0.6 is 0 Å². The number of methoxy groups -OCH3 is 1. The normalized spacial score (nSPS) is 18.9. The first-order chi connectivity index (χ1) is 11.8. The summed E-state index contributed by atoms with van der Waals surface area (Å²) in [6.07, 6.45) is 3.44. The number of carbonyl (C=O) groups is 2. The van der Waals surface area contributed by atoms with Gasteiger partial charge in [-0.25, -0.2) is 8.42 Å². The highest BCUT2D eigenvalue weighted by Gasteiger charge is 2.29. The molecule has 0 aliphatic carbocycles. The van der Waals surface area contributed by atoms with Gasteiger partial charge in [-0.3, -0.25) is 20.4 Å². The predicted octanol–water partition coefficient (Wildman–Crippen LogP) is 0.989. The summed E-state index contributed by atoms with van der Waals surface area (Å²) in [5, 5.41) is 0. The van der Waals surface area contributed by atoms with E-state index in [-0.39, 0.29) is 23.8 Å². The van der Waals surface area contributed by atoms with Crippen LogP contribution in [0.1, 0.15) is 24.0 Å². The third-order valence-electron chi connectivity index (χ3n) is 3.93. The lowest BCUT2D eigenvalue weighted by molar-refractivity contribution is -0.127. The SMILES string of the molecule is COc1ccc(C)cc1/C=C/C(=O)NNC(=O)C[C@@H]1CCS(=O)(=O)C1. The molecule has 1 aromatic rings. The van der Waals surface area contributed by atoms with Gasteiger partial charge in [0.1, 0.15) is 5.75 Å². The third kappa shape index (κ3) is 5.90. The van der Waals surface area contributed by atoms with Gasteiger partial charge >= 0.3 is 0 Å². The standard InChI is InChI=1S/C17H22N2O5S/c1-12-3-5-15(24-2)14(9-12)4-6-16(20)18-19-17(21)10-13-7-8-25(22,23)11-13/h3-6,9,13H,7-8,10-11H2,1-2H3,(H,18,20)(H,19,21)/b6-4+/t13-/m0/s1. The van der Waals surface area contributed by atoms with Crippen LogP contribution in [0.25, 0.3) is 6.08 Å². The van der Waals surface area contributed by atoms with Crippen LogP contribution in [0.3, 0.4) is 0 Å². The van der Waals surface area contributed by atoms with Gasteiger partial charge in [0, 0.05) is 18.1 Å². The smallest absolute Gasteiger partial charge is 0.262 e. The number of hydrazine groups is 1. The van der Waals surface area contributed by atoms with E-state index in [0.29, 0.717) is 12.2 Å². The minimum absolute atomic E-state index is 0.0292. The van der Waals surface area contributed by atoms with Gasteiger partial charge in [0.25, 0.3) is 5.91 Å². The summed E-state index contributed by atoms with van der Waals surface area (Å²) in [6.45, 7) is 1.93. The van der Waals surface area contributed by atoms with Crippen molar-refractivity contribution in [2.24, 2.45) is 5.92 Å². The molecule has 1 saturated heterocycles. The van der Waals surface area contributed by atoms with E-state index in [4.69, 9.17) is 4.74 Å². The number of aryl methyl sites for hydroxylation is 1. The predicted molar refractivity (Wildman–Crippen MR) is 94.4 cm³/mol. The Morgan fingerprint density at radius 2 is 2.08 bits per heavy atom. The van der Waals surface area contributed by atoms with Crippen LogP contribution in [0.2, 0.25) is 0 Å². The first-order valence-electron chi connectivity index (χ1n) is 7.91. The lowest BCUT2D eigenvalue weighted by atomic mass is 10.1. The van der Waals surface area contributed by atoms with Crippen molar-refractivity contribution in [3.8, 4) is 5.75 Å². The van der Waals surface area contributed by atoms with Crippen LogP contribution in [0.4, 0.5) is 0 Å². The summed E-state index contributed by atoms with van der Waals surface area (Å²) in [7, 11) is -1.47. The second-order valence-corrected chi connectivity index (χ2v) is 8.32. The summed E-state index contributed by atoms with van der Waals surface area (Å²) < 4.78 is 27.9. The summed E-state index contributed by atoms with van der Waals surface area (Å²) in [5.74, 6) is -0.289. The van der Waals surface area contributed by atoms with Gasteiger partial charge in [-0.2, -0.15) is 0 Å². The molecule has 1 atom stereocenters. The fourth-order valence-electron chi connectivity index (χ4n) is 2.67. The molecular weight excluding hydrogens is 344 g/mol. The molecule has 1 fully saturated rings. The van der Waals surface area contributed by atoms with Crippen LogP contribution < -0.4 is 15.6 Å². The van der Waals surface area contributed by atoms with Gasteiger partial charge < -0.3 is 4.74 Å². The number of benzene rings is 1. The van der Waals surface area contributed by atoms with Gasteiger partial charge in [0.05, 0.1) is 18.6 Å². The van der Waals surface area contributed by atoms with E-state index in [1.807, 2.05) is 25.1 Å². The summed E-state index contributed by atoms with van der Waals surface area (Å²) in [6, 6.07) is 5.59. The molecule has 0 aromatic heterocycles. The molecular formula is C17H22N2O5S. The fraction of sp³-hybridized carbons (Fsp3) is 0.412. The third-order valence-corrected chi connectivity index (χ3v) is 5.76. The maximum Gasteiger partial charge on any atom is 0.262 e. The molecule has 2 amide bonds. The Labute approximate surface area is 147 Å². The highest BCUT2D eigenvalue weighted by molar-refractivity contribution is 7.91. The Balaban J connectivity index is 1.82. The summed E-state index contributed by atoms with van der Waals surface area (Å²) >= 11 is 0. The molecule has 1 aliphatic heterocycles. The molecule has 0 spiro atoms. The van der Waals surface area contributed by atoms with Crippen molar-refractivity contribution in [2.45, 2.75) is 19.8 Å². The number of carbonyl (C=O) groups excluding carboxylic acids is 2. The Hall–Kier alpha value is -2.35. The van der Waals surface area contributed by atoms with Crippen molar-refractivity contribution in [3.05, 3.63) is 35.4 Å². The summed E-state index contributed by atoms with van der Waals surface area (Å²) in [4.78, 5) is 23.6. The van der Waals surface area contributed by atoms with E-state index in [1.165, 1.54) is 6.08 Å². The van der Waals surface area contributed by atoms with Crippen molar-refractivity contribution in [1.29, 1.82) is 0 Å². The lowest BCUT2D eigenvalue weighted by Crippen LogP contribution is -2.41. The quantitative estimate of drug-likeness (QED) is 0.598. The number of rotatable bonds is 5. The van der Waals surface area contributed by atoms with Crippen LogP contribution in [-0.2, 0) is 19.4 Å². The maximum atomic E-state index is 11.8. The second kappa shape index (κ2) is 8.15. The zero-order valence-corrected chi connectivity index (χ0v) is 15.1. The van der Waals surface area contributed by atoms with Gasteiger partial charge in [-0.05, 0) is 37.5 Å². The molecule has 1 aromatic carbocycles. The first-order valence-corrected chi connectivity index (χ1v) is 9.73. The van der Waals surface area contributed by atoms with Gasteiger partial charge in [0.15, 0.2) is 9.84 Å². The maximum absolute atomic E-state index is 11.8. The van der Waals surface area contributed by atoms with Crippen molar-refractivity contribution in [2.75, 3.05) is 18.6 Å². The molecule has 1 aliphatic rings. The van der Waals surface area contributed by atoms with Crippen molar-refractivity contribution in [3.63, 3.8) is 0 Å². The van der Waals surface area contributed by atoms with Crippen molar-refractivity contribution < 1.29 is 22.7 Å². The first kappa shape index (κ1) is 19.0. The topological polar surface area (TPSA) is 102 Å². The molecule has 8 heteroatoms.